The molecule has 0 aliphatic rings. The van der Waals surface area contributed by atoms with Crippen molar-refractivity contribution in [2.24, 2.45) is 0 Å². The molecule has 0 aliphatic carbocycles. The van der Waals surface area contributed by atoms with Gasteiger partial charge in [0, 0.05) is 0 Å². The highest BCUT2D eigenvalue weighted by atomic mass is 16.3. The summed E-state index contributed by atoms with van der Waals surface area (Å²) in [6.07, 6.45) is 14.6. The van der Waals surface area contributed by atoms with Crippen molar-refractivity contribution in [2.75, 3.05) is 0 Å². The van der Waals surface area contributed by atoms with Crippen LogP contribution in [0.2, 0.25) is 0 Å². The van der Waals surface area contributed by atoms with Crippen molar-refractivity contribution in [3.8, 4) is 0 Å². The summed E-state index contributed by atoms with van der Waals surface area (Å²) in [5.41, 5.74) is -0.862. The van der Waals surface area contributed by atoms with Gasteiger partial charge in [0.25, 0.3) is 0 Å². The monoisotopic (exact) mass is 286 g/mol. The lowest BCUT2D eigenvalue weighted by atomic mass is 9.87. The Balaban J connectivity index is 3.40. The molecule has 0 aromatic carbocycles. The lowest BCUT2D eigenvalue weighted by Gasteiger charge is -2.31. The van der Waals surface area contributed by atoms with Crippen LogP contribution >= 0.6 is 0 Å². The minimum absolute atomic E-state index is 0.549. The van der Waals surface area contributed by atoms with Gasteiger partial charge < -0.3 is 10.2 Å². The smallest absolute Gasteiger partial charge is 0.0900 e. The number of hydrogen-bond donors (Lipinski definition) is 2. The van der Waals surface area contributed by atoms with Crippen molar-refractivity contribution in [3.63, 3.8) is 0 Å². The fourth-order valence-corrected chi connectivity index (χ4v) is 2.82. The van der Waals surface area contributed by atoms with Crippen molar-refractivity contribution in [2.45, 2.75) is 116 Å². The summed E-state index contributed by atoms with van der Waals surface area (Å²) < 4.78 is 0. The van der Waals surface area contributed by atoms with E-state index in [0.29, 0.717) is 12.8 Å². The predicted octanol–water partition coefficient (Wildman–Crippen LogP) is 5.21. The third-order valence-corrected chi connectivity index (χ3v) is 4.68. The van der Waals surface area contributed by atoms with Gasteiger partial charge in [0.05, 0.1) is 11.7 Å². The molecule has 0 saturated heterocycles. The number of aliphatic hydroxyl groups is 2. The van der Waals surface area contributed by atoms with Crippen LogP contribution in [0.3, 0.4) is 0 Å². The number of rotatable bonds is 14. The second-order valence-corrected chi connectivity index (χ2v) is 6.30. The van der Waals surface area contributed by atoms with Crippen LogP contribution in [0, 0.1) is 0 Å². The molecular formula is C18H38O2. The standard InChI is InChI=1S/C18H38O2/c1-4-7-8-9-10-11-12-13-14-15-16-17(19)18(20,5-2)6-3/h17,19-20H,4-16H2,1-3H3. The summed E-state index contributed by atoms with van der Waals surface area (Å²) in [5, 5.41) is 20.2. The zero-order valence-corrected chi connectivity index (χ0v) is 14.2. The fraction of sp³-hybridized carbons (Fsp3) is 1.00. The topological polar surface area (TPSA) is 40.5 Å². The van der Waals surface area contributed by atoms with Gasteiger partial charge in [-0.1, -0.05) is 85.0 Å². The summed E-state index contributed by atoms with van der Waals surface area (Å²) >= 11 is 0. The maximum absolute atomic E-state index is 10.2. The Kier molecular flexibility index (Phi) is 12.6. The van der Waals surface area contributed by atoms with E-state index in [2.05, 4.69) is 6.92 Å². The molecule has 0 bridgehead atoms. The predicted molar refractivity (Wildman–Crippen MR) is 88.0 cm³/mol. The Bertz CT molecular complexity index is 200. The van der Waals surface area contributed by atoms with Gasteiger partial charge in [-0.25, -0.2) is 0 Å². The number of unbranched alkanes of at least 4 members (excludes halogenated alkanes) is 9. The van der Waals surface area contributed by atoms with Crippen LogP contribution in [0.5, 0.6) is 0 Å². The molecule has 1 unspecified atom stereocenters. The Hall–Kier alpha value is -0.0800. The molecule has 0 aromatic heterocycles. The molecule has 0 aromatic rings. The largest absolute Gasteiger partial charge is 0.390 e. The Morgan fingerprint density at radius 3 is 1.50 bits per heavy atom. The van der Waals surface area contributed by atoms with Gasteiger partial charge in [-0.2, -0.15) is 0 Å². The number of hydrogen-bond acceptors (Lipinski definition) is 2. The third-order valence-electron chi connectivity index (χ3n) is 4.68. The maximum atomic E-state index is 10.2. The molecule has 0 amide bonds. The molecule has 20 heavy (non-hydrogen) atoms. The zero-order chi connectivity index (χ0) is 15.3. The average molecular weight is 286 g/mol. The van der Waals surface area contributed by atoms with Crippen molar-refractivity contribution in [1.82, 2.24) is 0 Å². The van der Waals surface area contributed by atoms with Crippen LogP contribution in [0.4, 0.5) is 0 Å². The highest BCUT2D eigenvalue weighted by molar-refractivity contribution is 4.83. The van der Waals surface area contributed by atoms with Crippen molar-refractivity contribution >= 4 is 0 Å². The van der Waals surface area contributed by atoms with E-state index < -0.39 is 11.7 Å². The van der Waals surface area contributed by atoms with E-state index in [1.165, 1.54) is 57.8 Å². The number of aliphatic hydroxyl groups excluding tert-OH is 1. The molecule has 2 heteroatoms. The van der Waals surface area contributed by atoms with E-state index in [9.17, 15) is 10.2 Å². The highest BCUT2D eigenvalue weighted by Crippen LogP contribution is 2.23. The van der Waals surface area contributed by atoms with E-state index in [-0.39, 0.29) is 0 Å². The van der Waals surface area contributed by atoms with Gasteiger partial charge in [-0.3, -0.25) is 0 Å². The Morgan fingerprint density at radius 2 is 1.10 bits per heavy atom. The zero-order valence-electron chi connectivity index (χ0n) is 14.2. The summed E-state index contributed by atoms with van der Waals surface area (Å²) in [7, 11) is 0. The third kappa shape index (κ3) is 8.97. The van der Waals surface area contributed by atoms with Crippen LogP contribution in [0.1, 0.15) is 104 Å². The summed E-state index contributed by atoms with van der Waals surface area (Å²) in [5.74, 6) is 0. The molecule has 0 aliphatic heterocycles. The molecule has 0 saturated carbocycles. The summed E-state index contributed by atoms with van der Waals surface area (Å²) in [6.45, 7) is 6.16. The second kappa shape index (κ2) is 12.6. The molecular weight excluding hydrogens is 248 g/mol. The molecule has 1 atom stereocenters. The van der Waals surface area contributed by atoms with E-state index in [1.54, 1.807) is 0 Å². The molecule has 2 nitrogen and oxygen atoms in total. The van der Waals surface area contributed by atoms with Gasteiger partial charge >= 0.3 is 0 Å². The molecule has 2 N–H and O–H groups in total. The highest BCUT2D eigenvalue weighted by Gasteiger charge is 2.30. The quantitative estimate of drug-likeness (QED) is 0.430. The van der Waals surface area contributed by atoms with Crippen molar-refractivity contribution in [3.05, 3.63) is 0 Å². The SMILES string of the molecule is CCCCCCCCCCCCC(O)C(O)(CC)CC. The fourth-order valence-electron chi connectivity index (χ4n) is 2.82. The van der Waals surface area contributed by atoms with Crippen molar-refractivity contribution in [1.29, 1.82) is 0 Å². The van der Waals surface area contributed by atoms with E-state index in [0.717, 1.165) is 12.8 Å². The molecule has 0 fully saturated rings. The lowest BCUT2D eigenvalue weighted by Crippen LogP contribution is -2.41. The average Bonchev–Trinajstić information content (AvgIpc) is 2.48. The molecule has 0 heterocycles. The van der Waals surface area contributed by atoms with E-state index in [1.807, 2.05) is 13.8 Å². The maximum Gasteiger partial charge on any atom is 0.0900 e. The normalized spacial score (nSPS) is 13.7. The van der Waals surface area contributed by atoms with Gasteiger partial charge in [0.2, 0.25) is 0 Å². The first-order valence-electron chi connectivity index (χ1n) is 9.01. The molecule has 0 spiro atoms. The Morgan fingerprint density at radius 1 is 0.700 bits per heavy atom. The van der Waals surface area contributed by atoms with Crippen molar-refractivity contribution < 1.29 is 10.2 Å². The van der Waals surface area contributed by atoms with E-state index >= 15 is 0 Å². The first-order chi connectivity index (χ1) is 9.60. The van der Waals surface area contributed by atoms with Crippen LogP contribution in [-0.4, -0.2) is 21.9 Å². The Labute approximate surface area is 127 Å². The minimum Gasteiger partial charge on any atom is -0.390 e. The first-order valence-corrected chi connectivity index (χ1v) is 9.01. The van der Waals surface area contributed by atoms with Gasteiger partial charge in [0.1, 0.15) is 0 Å². The molecule has 0 rings (SSSR count). The second-order valence-electron chi connectivity index (χ2n) is 6.30. The van der Waals surface area contributed by atoms with Crippen LogP contribution in [0.15, 0.2) is 0 Å². The van der Waals surface area contributed by atoms with Gasteiger partial charge in [-0.15, -0.1) is 0 Å². The van der Waals surface area contributed by atoms with Crippen LogP contribution in [-0.2, 0) is 0 Å². The first kappa shape index (κ1) is 19.9. The summed E-state index contributed by atoms with van der Waals surface area (Å²) in [6, 6.07) is 0. The van der Waals surface area contributed by atoms with E-state index in [4.69, 9.17) is 0 Å². The molecule has 0 radical (unpaired) electrons. The minimum atomic E-state index is -0.862. The van der Waals surface area contributed by atoms with Crippen LogP contribution in [0.25, 0.3) is 0 Å². The molecule has 122 valence electrons. The van der Waals surface area contributed by atoms with Gasteiger partial charge in [-0.05, 0) is 19.3 Å². The van der Waals surface area contributed by atoms with Crippen LogP contribution < -0.4 is 0 Å². The lowest BCUT2D eigenvalue weighted by molar-refractivity contribution is -0.0835. The van der Waals surface area contributed by atoms with Gasteiger partial charge in [0.15, 0.2) is 0 Å². The summed E-state index contributed by atoms with van der Waals surface area (Å²) in [4.78, 5) is 0.